The van der Waals surface area contributed by atoms with Gasteiger partial charge in [0.2, 0.25) is 0 Å². The molecule has 1 aliphatic heterocycles. The molecule has 58 valence electrons. The van der Waals surface area contributed by atoms with Gasteiger partial charge in [0.25, 0.3) is 0 Å². The lowest BCUT2D eigenvalue weighted by atomic mass is 10.6. The van der Waals surface area contributed by atoms with E-state index in [9.17, 15) is 0 Å². The van der Waals surface area contributed by atoms with E-state index < -0.39 is 0 Å². The normalized spacial score (nSPS) is 21.6. The summed E-state index contributed by atoms with van der Waals surface area (Å²) in [5, 5.41) is 0.836. The summed E-state index contributed by atoms with van der Waals surface area (Å²) in [7, 11) is 0. The molecule has 0 amide bonds. The van der Waals surface area contributed by atoms with Gasteiger partial charge in [0, 0.05) is 18.1 Å². The lowest BCUT2D eigenvalue weighted by Gasteiger charge is -1.93. The van der Waals surface area contributed by atoms with Crippen molar-refractivity contribution in [1.29, 1.82) is 0 Å². The SMILES string of the molecule is c1cnc(SC[C@@H]2CO2)nc1. The summed E-state index contributed by atoms with van der Waals surface area (Å²) in [5.74, 6) is 0.976. The molecule has 0 unspecified atom stereocenters. The molecule has 2 rings (SSSR count). The van der Waals surface area contributed by atoms with E-state index in [1.54, 1.807) is 24.2 Å². The topological polar surface area (TPSA) is 38.3 Å². The first-order valence-electron chi connectivity index (χ1n) is 3.46. The molecule has 1 aromatic rings. The molecule has 1 aliphatic rings. The van der Waals surface area contributed by atoms with Crippen molar-refractivity contribution in [3.8, 4) is 0 Å². The van der Waals surface area contributed by atoms with Gasteiger partial charge >= 0.3 is 0 Å². The maximum Gasteiger partial charge on any atom is 0.187 e. The number of hydrogen-bond acceptors (Lipinski definition) is 4. The van der Waals surface area contributed by atoms with Crippen LogP contribution in [0.25, 0.3) is 0 Å². The van der Waals surface area contributed by atoms with Crippen LogP contribution in [0.1, 0.15) is 0 Å². The van der Waals surface area contributed by atoms with Crippen LogP contribution in [0, 0.1) is 0 Å². The lowest BCUT2D eigenvalue weighted by Crippen LogP contribution is -1.91. The first-order chi connectivity index (χ1) is 5.45. The summed E-state index contributed by atoms with van der Waals surface area (Å²) >= 11 is 1.64. The number of thioether (sulfide) groups is 1. The predicted octanol–water partition coefficient (Wildman–Crippen LogP) is 0.967. The molecule has 0 radical (unpaired) electrons. The van der Waals surface area contributed by atoms with Crippen LogP contribution in [-0.4, -0.2) is 28.4 Å². The fourth-order valence-corrected chi connectivity index (χ4v) is 1.49. The third-order valence-corrected chi connectivity index (χ3v) is 2.35. The van der Waals surface area contributed by atoms with Crippen LogP contribution in [0.5, 0.6) is 0 Å². The van der Waals surface area contributed by atoms with Crippen molar-refractivity contribution >= 4 is 11.8 Å². The monoisotopic (exact) mass is 168 g/mol. The van der Waals surface area contributed by atoms with Crippen LogP contribution in [-0.2, 0) is 4.74 Å². The summed E-state index contributed by atoms with van der Waals surface area (Å²) < 4.78 is 5.05. The highest BCUT2D eigenvalue weighted by Crippen LogP contribution is 2.19. The minimum Gasteiger partial charge on any atom is -0.372 e. The Morgan fingerprint density at radius 3 is 2.91 bits per heavy atom. The van der Waals surface area contributed by atoms with Gasteiger partial charge in [0.05, 0.1) is 12.7 Å². The van der Waals surface area contributed by atoms with Crippen LogP contribution in [0.15, 0.2) is 23.6 Å². The second-order valence-corrected chi connectivity index (χ2v) is 3.28. The first-order valence-corrected chi connectivity index (χ1v) is 4.45. The number of aromatic nitrogens is 2. The van der Waals surface area contributed by atoms with Crippen molar-refractivity contribution in [3.05, 3.63) is 18.5 Å². The van der Waals surface area contributed by atoms with Crippen molar-refractivity contribution in [2.75, 3.05) is 12.4 Å². The van der Waals surface area contributed by atoms with E-state index in [4.69, 9.17) is 4.74 Å². The molecule has 11 heavy (non-hydrogen) atoms. The Bertz CT molecular complexity index is 225. The van der Waals surface area contributed by atoms with E-state index >= 15 is 0 Å². The molecule has 2 heterocycles. The number of rotatable bonds is 3. The lowest BCUT2D eigenvalue weighted by molar-refractivity contribution is 0.426. The molecule has 0 spiro atoms. The van der Waals surface area contributed by atoms with Crippen LogP contribution >= 0.6 is 11.8 Å². The zero-order valence-electron chi connectivity index (χ0n) is 5.93. The van der Waals surface area contributed by atoms with E-state index in [0.717, 1.165) is 17.5 Å². The van der Waals surface area contributed by atoms with Crippen molar-refractivity contribution in [3.63, 3.8) is 0 Å². The molecule has 1 saturated heterocycles. The molecule has 1 aromatic heterocycles. The number of hydrogen-bond donors (Lipinski definition) is 0. The molecule has 1 fully saturated rings. The second-order valence-electron chi connectivity index (χ2n) is 2.30. The van der Waals surface area contributed by atoms with Crippen molar-refractivity contribution in [1.82, 2.24) is 9.97 Å². The van der Waals surface area contributed by atoms with Gasteiger partial charge in [-0.3, -0.25) is 0 Å². The van der Waals surface area contributed by atoms with Crippen LogP contribution < -0.4 is 0 Å². The largest absolute Gasteiger partial charge is 0.372 e. The van der Waals surface area contributed by atoms with Gasteiger partial charge in [-0.05, 0) is 6.07 Å². The van der Waals surface area contributed by atoms with Gasteiger partial charge in [0.15, 0.2) is 5.16 Å². The molecule has 3 nitrogen and oxygen atoms in total. The highest BCUT2D eigenvalue weighted by atomic mass is 32.2. The Balaban J connectivity index is 1.85. The fourth-order valence-electron chi connectivity index (χ4n) is 0.692. The quantitative estimate of drug-likeness (QED) is 0.383. The molecular formula is C7H8N2OS. The van der Waals surface area contributed by atoms with Gasteiger partial charge in [-0.25, -0.2) is 9.97 Å². The first kappa shape index (κ1) is 7.06. The maximum absolute atomic E-state index is 5.05. The van der Waals surface area contributed by atoms with E-state index in [1.165, 1.54) is 0 Å². The predicted molar refractivity (Wildman–Crippen MR) is 42.5 cm³/mol. The zero-order chi connectivity index (χ0) is 7.52. The van der Waals surface area contributed by atoms with Gasteiger partial charge in [-0.1, -0.05) is 11.8 Å². The van der Waals surface area contributed by atoms with Crippen molar-refractivity contribution < 1.29 is 4.74 Å². The summed E-state index contributed by atoms with van der Waals surface area (Å²) in [5.41, 5.74) is 0. The van der Waals surface area contributed by atoms with Crippen molar-refractivity contribution in [2.24, 2.45) is 0 Å². The summed E-state index contributed by atoms with van der Waals surface area (Å²) in [6.07, 6.45) is 3.95. The summed E-state index contributed by atoms with van der Waals surface area (Å²) in [4.78, 5) is 8.15. The van der Waals surface area contributed by atoms with Gasteiger partial charge in [-0.2, -0.15) is 0 Å². The van der Waals surface area contributed by atoms with E-state index in [1.807, 2.05) is 6.07 Å². The average molecular weight is 168 g/mol. The molecule has 0 saturated carbocycles. The summed E-state index contributed by atoms with van der Waals surface area (Å²) in [6, 6.07) is 1.82. The molecule has 0 aromatic carbocycles. The second kappa shape index (κ2) is 3.19. The van der Waals surface area contributed by atoms with Crippen LogP contribution in [0.3, 0.4) is 0 Å². The fraction of sp³-hybridized carbons (Fsp3) is 0.429. The van der Waals surface area contributed by atoms with Gasteiger partial charge in [0.1, 0.15) is 0 Å². The highest BCUT2D eigenvalue weighted by Gasteiger charge is 2.22. The highest BCUT2D eigenvalue weighted by molar-refractivity contribution is 7.99. The van der Waals surface area contributed by atoms with E-state index in [2.05, 4.69) is 9.97 Å². The van der Waals surface area contributed by atoms with Crippen molar-refractivity contribution in [2.45, 2.75) is 11.3 Å². The minimum absolute atomic E-state index is 0.448. The molecule has 0 bridgehead atoms. The third kappa shape index (κ3) is 2.17. The Labute approximate surface area is 69.2 Å². The minimum atomic E-state index is 0.448. The maximum atomic E-state index is 5.05. The Morgan fingerprint density at radius 1 is 1.55 bits per heavy atom. The van der Waals surface area contributed by atoms with Crippen LogP contribution in [0.4, 0.5) is 0 Å². The average Bonchev–Trinajstić information content (AvgIpc) is 2.86. The van der Waals surface area contributed by atoms with Gasteiger partial charge < -0.3 is 4.74 Å². The zero-order valence-corrected chi connectivity index (χ0v) is 6.75. The van der Waals surface area contributed by atoms with Crippen LogP contribution in [0.2, 0.25) is 0 Å². The van der Waals surface area contributed by atoms with E-state index in [0.29, 0.717) is 6.10 Å². The molecular weight excluding hydrogens is 160 g/mol. The van der Waals surface area contributed by atoms with Gasteiger partial charge in [-0.15, -0.1) is 0 Å². The number of ether oxygens (including phenoxy) is 1. The Hall–Kier alpha value is -0.610. The number of epoxide rings is 1. The Morgan fingerprint density at radius 2 is 2.27 bits per heavy atom. The molecule has 4 heteroatoms. The smallest absolute Gasteiger partial charge is 0.187 e. The number of nitrogens with zero attached hydrogens (tertiary/aromatic N) is 2. The van der Waals surface area contributed by atoms with E-state index in [-0.39, 0.29) is 0 Å². The summed E-state index contributed by atoms with van der Waals surface area (Å²) in [6.45, 7) is 0.903. The Kier molecular flexibility index (Phi) is 2.05. The molecule has 0 N–H and O–H groups in total. The third-order valence-electron chi connectivity index (χ3n) is 1.34. The molecule has 0 aliphatic carbocycles. The standard InChI is InChI=1S/C7H8N2OS/c1-2-8-7(9-3-1)11-5-6-4-10-6/h1-3,6H,4-5H2/t6-/m0/s1. The molecule has 1 atom stereocenters.